The van der Waals surface area contributed by atoms with E-state index in [4.69, 9.17) is 0 Å². The van der Waals surface area contributed by atoms with Gasteiger partial charge in [-0.3, -0.25) is 0 Å². The Morgan fingerprint density at radius 1 is 1.08 bits per heavy atom. The highest BCUT2D eigenvalue weighted by Crippen LogP contribution is 2.12. The van der Waals surface area contributed by atoms with Crippen molar-refractivity contribution < 1.29 is 4.57 Å². The summed E-state index contributed by atoms with van der Waals surface area (Å²) in [7, 11) is 3.85. The number of hydrogen-bond acceptors (Lipinski definition) is 1. The number of rotatable bonds is 1. The van der Waals surface area contributed by atoms with E-state index in [9.17, 15) is 0 Å². The molecule has 0 aliphatic heterocycles. The van der Waals surface area contributed by atoms with E-state index < -0.39 is 0 Å². The van der Waals surface area contributed by atoms with Crippen LogP contribution in [0.2, 0.25) is 0 Å². The molecule has 2 aromatic rings. The minimum absolute atomic E-state index is 1.07. The molecule has 0 aliphatic rings. The van der Waals surface area contributed by atoms with E-state index in [1.165, 1.54) is 0 Å². The van der Waals surface area contributed by atoms with Crippen molar-refractivity contribution in [2.75, 3.05) is 0 Å². The molecular formula is C11H10N2. The molecule has 13 heavy (non-hydrogen) atoms. The monoisotopic (exact) mass is 170 g/mol. The fourth-order valence-electron chi connectivity index (χ4n) is 1.26. The van der Waals surface area contributed by atoms with E-state index in [2.05, 4.69) is 24.2 Å². The van der Waals surface area contributed by atoms with Crippen LogP contribution in [0.4, 0.5) is 0 Å². The molecule has 64 valence electrons. The lowest BCUT2D eigenvalue weighted by molar-refractivity contribution is -0.604. The Kier molecular flexibility index (Phi) is 1.96. The van der Waals surface area contributed by atoms with Crippen LogP contribution in [0.15, 0.2) is 48.9 Å². The molecule has 1 aromatic carbocycles. The molecule has 0 radical (unpaired) electrons. The molecule has 2 heteroatoms. The molecule has 0 unspecified atom stereocenters. The maximum absolute atomic E-state index is 3.97. The first-order chi connectivity index (χ1) is 6.38. The van der Waals surface area contributed by atoms with Crippen molar-refractivity contribution in [1.29, 1.82) is 0 Å². The largest absolute Gasteiger partial charge is 0.368 e. The van der Waals surface area contributed by atoms with Crippen molar-refractivity contribution in [2.45, 2.75) is 0 Å². The maximum atomic E-state index is 3.97. The second-order valence-corrected chi connectivity index (χ2v) is 2.80. The van der Waals surface area contributed by atoms with Crippen LogP contribution < -0.4 is 4.57 Å². The molecule has 2 rings (SSSR count). The van der Waals surface area contributed by atoms with Gasteiger partial charge in [-0.05, 0) is 18.7 Å². The molecule has 0 aliphatic carbocycles. The van der Waals surface area contributed by atoms with Crippen LogP contribution in [-0.2, 0) is 0 Å². The van der Waals surface area contributed by atoms with Crippen molar-refractivity contribution in [3.63, 3.8) is 0 Å². The third kappa shape index (κ3) is 1.51. The lowest BCUT2D eigenvalue weighted by Gasteiger charge is -2.07. The van der Waals surface area contributed by atoms with Gasteiger partial charge in [0.15, 0.2) is 6.33 Å². The Bertz CT molecular complexity index is 396. The van der Waals surface area contributed by atoms with Crippen molar-refractivity contribution >= 4 is 0 Å². The van der Waals surface area contributed by atoms with Crippen molar-refractivity contribution in [2.24, 2.45) is 0 Å². The first kappa shape index (κ1) is 7.80. The number of aromatic nitrogens is 2. The summed E-state index contributed by atoms with van der Waals surface area (Å²) in [4.78, 5) is 3.97. The highest BCUT2D eigenvalue weighted by Gasteiger charge is 1.96. The summed E-state index contributed by atoms with van der Waals surface area (Å²) in [5.41, 5.74) is 2.22. The van der Waals surface area contributed by atoms with Gasteiger partial charge in [-0.1, -0.05) is 30.3 Å². The number of hydrogen-bond donors (Lipinski definition) is 0. The fourth-order valence-corrected chi connectivity index (χ4v) is 1.26. The zero-order chi connectivity index (χ0) is 9.10. The smallest absolute Gasteiger partial charge is 0.184 e. The Morgan fingerprint density at radius 2 is 1.85 bits per heavy atom. The van der Waals surface area contributed by atoms with Gasteiger partial charge in [0, 0.05) is 5.69 Å². The van der Waals surface area contributed by atoms with Gasteiger partial charge in [-0.2, -0.15) is 0 Å². The van der Waals surface area contributed by atoms with Gasteiger partial charge in [0.2, 0.25) is 0 Å². The van der Waals surface area contributed by atoms with E-state index in [0.717, 1.165) is 11.3 Å². The summed E-state index contributed by atoms with van der Waals surface area (Å²) >= 11 is 0. The average Bonchev–Trinajstić information content (AvgIpc) is 2.20. The molecule has 0 atom stereocenters. The quantitative estimate of drug-likeness (QED) is 0.470. The summed E-state index contributed by atoms with van der Waals surface area (Å²) < 4.78 is 1.76. The van der Waals surface area contributed by atoms with Crippen LogP contribution in [-0.4, -0.2) is 4.98 Å². The summed E-state index contributed by atoms with van der Waals surface area (Å²) in [6, 6.07) is 12.1. The lowest BCUT2D eigenvalue weighted by atomic mass is 10.1. The van der Waals surface area contributed by atoms with Gasteiger partial charge >= 0.3 is 0 Å². The predicted octanol–water partition coefficient (Wildman–Crippen LogP) is 1.68. The van der Waals surface area contributed by atoms with Crippen molar-refractivity contribution in [3.05, 3.63) is 56.0 Å². The van der Waals surface area contributed by atoms with E-state index in [0.29, 0.717) is 0 Å². The zero-order valence-electron chi connectivity index (χ0n) is 7.22. The molecule has 0 saturated carbocycles. The maximum Gasteiger partial charge on any atom is 0.184 e. The van der Waals surface area contributed by atoms with Crippen LogP contribution in [0.1, 0.15) is 0 Å². The zero-order valence-corrected chi connectivity index (χ0v) is 7.22. The molecule has 0 bridgehead atoms. The van der Waals surface area contributed by atoms with E-state index in [-0.39, 0.29) is 0 Å². The Balaban J connectivity index is 2.54. The molecular weight excluding hydrogens is 160 g/mol. The minimum Gasteiger partial charge on any atom is -0.368 e. The van der Waals surface area contributed by atoms with E-state index in [1.54, 1.807) is 17.1 Å². The Morgan fingerprint density at radius 3 is 2.54 bits per heavy atom. The molecule has 0 saturated heterocycles. The van der Waals surface area contributed by atoms with E-state index >= 15 is 0 Å². The molecule has 0 spiro atoms. The van der Waals surface area contributed by atoms with Gasteiger partial charge in [0.1, 0.15) is 6.20 Å². The fraction of sp³-hybridized carbons (Fsp3) is 0. The summed E-state index contributed by atoms with van der Waals surface area (Å²) in [5, 5.41) is 0. The molecule has 2 nitrogen and oxygen atoms in total. The van der Waals surface area contributed by atoms with Crippen molar-refractivity contribution in [3.8, 4) is 11.3 Å². The molecule has 1 heterocycles. The standard InChI is InChI=1S/C11H10N2/c1-13-9-12-8-7-11(13)10-5-3-2-4-6-10/h2-9H,1H2. The third-order valence-corrected chi connectivity index (χ3v) is 1.90. The summed E-state index contributed by atoms with van der Waals surface area (Å²) in [6.45, 7) is 0. The van der Waals surface area contributed by atoms with Crippen LogP contribution in [0.3, 0.4) is 0 Å². The molecule has 0 amide bonds. The molecule has 0 N–H and O–H groups in total. The van der Waals surface area contributed by atoms with Crippen LogP contribution in [0, 0.1) is 7.05 Å². The second kappa shape index (κ2) is 3.27. The third-order valence-electron chi connectivity index (χ3n) is 1.90. The van der Waals surface area contributed by atoms with Gasteiger partial charge in [0.25, 0.3) is 0 Å². The van der Waals surface area contributed by atoms with Gasteiger partial charge < -0.3 is 4.57 Å². The van der Waals surface area contributed by atoms with Gasteiger partial charge in [-0.15, -0.1) is 4.98 Å². The molecule has 0 fully saturated rings. The Labute approximate surface area is 77.5 Å². The predicted molar refractivity (Wildman–Crippen MR) is 50.6 cm³/mol. The minimum atomic E-state index is 1.07. The topological polar surface area (TPSA) is 16.8 Å². The summed E-state index contributed by atoms with van der Waals surface area (Å²) in [5.74, 6) is 0. The summed E-state index contributed by atoms with van der Waals surface area (Å²) in [6.07, 6.45) is 3.46. The first-order valence-corrected chi connectivity index (χ1v) is 4.10. The van der Waals surface area contributed by atoms with Gasteiger partial charge in [-0.25, -0.2) is 0 Å². The van der Waals surface area contributed by atoms with E-state index in [1.807, 2.05) is 24.3 Å². The number of benzene rings is 1. The molecule has 1 aromatic heterocycles. The van der Waals surface area contributed by atoms with Gasteiger partial charge in [0.05, 0.1) is 0 Å². The first-order valence-electron chi connectivity index (χ1n) is 4.10. The second-order valence-electron chi connectivity index (χ2n) is 2.80. The Hall–Kier alpha value is -1.83. The normalized spacial score (nSPS) is 9.85. The highest BCUT2D eigenvalue weighted by atomic mass is 15.0. The van der Waals surface area contributed by atoms with Crippen LogP contribution in [0.5, 0.6) is 0 Å². The SMILES string of the molecule is [CH2-][n+]1cnccc1-c1ccccc1. The number of nitrogens with zero attached hydrogens (tertiary/aromatic N) is 2. The average molecular weight is 170 g/mol. The lowest BCUT2D eigenvalue weighted by Crippen LogP contribution is -2.28. The van der Waals surface area contributed by atoms with Crippen molar-refractivity contribution in [1.82, 2.24) is 4.98 Å². The van der Waals surface area contributed by atoms with Crippen LogP contribution in [0.25, 0.3) is 11.3 Å². The highest BCUT2D eigenvalue weighted by molar-refractivity contribution is 5.55. The van der Waals surface area contributed by atoms with Crippen LogP contribution >= 0.6 is 0 Å².